The Morgan fingerprint density at radius 1 is 1.39 bits per heavy atom. The van der Waals surface area contributed by atoms with Crippen molar-refractivity contribution in [2.75, 3.05) is 0 Å². The van der Waals surface area contributed by atoms with Gasteiger partial charge in [-0.3, -0.25) is 14.9 Å². The van der Waals surface area contributed by atoms with Gasteiger partial charge in [0.1, 0.15) is 5.60 Å². The maximum Gasteiger partial charge on any atom is 0.329 e. The minimum Gasteiger partial charge on any atom is -0.459 e. The number of rotatable bonds is 3. The first-order chi connectivity index (χ1) is 8.22. The maximum absolute atomic E-state index is 11.8. The highest BCUT2D eigenvalue weighted by Gasteiger charge is 2.29. The molecule has 0 bridgehead atoms. The normalized spacial score (nSPS) is 12.9. The molecule has 0 heterocycles. The Labute approximate surface area is 110 Å². The van der Waals surface area contributed by atoms with Crippen LogP contribution in [0.3, 0.4) is 0 Å². The Morgan fingerprint density at radius 3 is 2.44 bits per heavy atom. The zero-order chi connectivity index (χ0) is 13.9. The van der Waals surface area contributed by atoms with Crippen LogP contribution in [0.2, 0.25) is 0 Å². The zero-order valence-electron chi connectivity index (χ0n) is 10.3. The van der Waals surface area contributed by atoms with Crippen LogP contribution in [0.5, 0.6) is 0 Å². The number of hydrogen-bond donors (Lipinski definition) is 0. The SMILES string of the molecule is CC(C)(C)OC(=O)C(Cl)c1ccccc1[N+](=O)[O-]. The van der Waals surface area contributed by atoms with Gasteiger partial charge in [0.25, 0.3) is 5.69 Å². The number of alkyl halides is 1. The Bertz CT molecular complexity index is 467. The van der Waals surface area contributed by atoms with Crippen LogP contribution in [-0.4, -0.2) is 16.5 Å². The van der Waals surface area contributed by atoms with Gasteiger partial charge in [0.15, 0.2) is 5.38 Å². The summed E-state index contributed by atoms with van der Waals surface area (Å²) < 4.78 is 5.10. The number of esters is 1. The molecule has 18 heavy (non-hydrogen) atoms. The summed E-state index contributed by atoms with van der Waals surface area (Å²) in [6.07, 6.45) is 0. The summed E-state index contributed by atoms with van der Waals surface area (Å²) in [6.45, 7) is 5.11. The van der Waals surface area contributed by atoms with E-state index in [0.29, 0.717) is 0 Å². The lowest BCUT2D eigenvalue weighted by atomic mass is 10.1. The topological polar surface area (TPSA) is 69.4 Å². The second-order valence-electron chi connectivity index (χ2n) is 4.71. The molecule has 1 unspecified atom stereocenters. The molecule has 0 aromatic heterocycles. The lowest BCUT2D eigenvalue weighted by molar-refractivity contribution is -0.385. The molecule has 0 radical (unpaired) electrons. The summed E-state index contributed by atoms with van der Waals surface area (Å²) in [7, 11) is 0. The lowest BCUT2D eigenvalue weighted by Gasteiger charge is -2.21. The van der Waals surface area contributed by atoms with E-state index >= 15 is 0 Å². The Kier molecular flexibility index (Phi) is 4.29. The number of nitro groups is 1. The Balaban J connectivity index is 3.00. The Hall–Kier alpha value is -1.62. The quantitative estimate of drug-likeness (QED) is 0.366. The van der Waals surface area contributed by atoms with Crippen LogP contribution >= 0.6 is 11.6 Å². The van der Waals surface area contributed by atoms with E-state index in [4.69, 9.17) is 16.3 Å². The van der Waals surface area contributed by atoms with E-state index in [1.165, 1.54) is 18.2 Å². The van der Waals surface area contributed by atoms with E-state index in [0.717, 1.165) is 0 Å². The molecular weight excluding hydrogens is 258 g/mol. The molecule has 98 valence electrons. The van der Waals surface area contributed by atoms with Gasteiger partial charge in [-0.2, -0.15) is 0 Å². The van der Waals surface area contributed by atoms with Crippen LogP contribution in [0.1, 0.15) is 31.7 Å². The number of benzene rings is 1. The predicted octanol–water partition coefficient (Wildman–Crippen LogP) is 3.22. The van der Waals surface area contributed by atoms with E-state index in [1.54, 1.807) is 26.8 Å². The molecule has 0 aliphatic carbocycles. The number of halogens is 1. The third-order valence-electron chi connectivity index (χ3n) is 2.02. The smallest absolute Gasteiger partial charge is 0.329 e. The van der Waals surface area contributed by atoms with Crippen LogP contribution in [0, 0.1) is 10.1 Å². The molecule has 5 nitrogen and oxygen atoms in total. The molecule has 1 rings (SSSR count). The number of ether oxygens (including phenoxy) is 1. The lowest BCUT2D eigenvalue weighted by Crippen LogP contribution is -2.26. The predicted molar refractivity (Wildman–Crippen MR) is 67.5 cm³/mol. The number of hydrogen-bond acceptors (Lipinski definition) is 4. The van der Waals surface area contributed by atoms with E-state index in [2.05, 4.69) is 0 Å². The zero-order valence-corrected chi connectivity index (χ0v) is 11.1. The first-order valence-electron chi connectivity index (χ1n) is 5.32. The van der Waals surface area contributed by atoms with Gasteiger partial charge < -0.3 is 4.74 Å². The van der Waals surface area contributed by atoms with Crippen LogP contribution < -0.4 is 0 Å². The fourth-order valence-corrected chi connectivity index (χ4v) is 1.58. The summed E-state index contributed by atoms with van der Waals surface area (Å²) in [5.41, 5.74) is -0.741. The van der Waals surface area contributed by atoms with Crippen molar-refractivity contribution in [3.8, 4) is 0 Å². The molecule has 0 N–H and O–H groups in total. The Morgan fingerprint density at radius 2 is 1.94 bits per heavy atom. The third-order valence-corrected chi connectivity index (χ3v) is 2.43. The molecule has 0 saturated heterocycles. The minimum absolute atomic E-state index is 0.137. The van der Waals surface area contributed by atoms with Crippen molar-refractivity contribution in [2.24, 2.45) is 0 Å². The number of carbonyl (C=O) groups is 1. The highest BCUT2D eigenvalue weighted by Crippen LogP contribution is 2.31. The molecule has 0 aliphatic rings. The van der Waals surface area contributed by atoms with Crippen molar-refractivity contribution in [3.05, 3.63) is 39.9 Å². The summed E-state index contributed by atoms with van der Waals surface area (Å²) in [4.78, 5) is 22.0. The standard InChI is InChI=1S/C12H14ClNO4/c1-12(2,3)18-11(15)10(13)8-6-4-5-7-9(8)14(16)17/h4-7,10H,1-3H3. The van der Waals surface area contributed by atoms with Gasteiger partial charge >= 0.3 is 5.97 Å². The first kappa shape index (κ1) is 14.4. The average Bonchev–Trinajstić information content (AvgIpc) is 2.25. The average molecular weight is 272 g/mol. The van der Waals surface area contributed by atoms with Crippen molar-refractivity contribution < 1.29 is 14.5 Å². The van der Waals surface area contributed by atoms with E-state index in [9.17, 15) is 14.9 Å². The molecular formula is C12H14ClNO4. The molecule has 0 aliphatic heterocycles. The number of para-hydroxylation sites is 1. The van der Waals surface area contributed by atoms with Crippen molar-refractivity contribution in [3.63, 3.8) is 0 Å². The van der Waals surface area contributed by atoms with Gasteiger partial charge in [-0.25, -0.2) is 0 Å². The first-order valence-corrected chi connectivity index (χ1v) is 5.76. The summed E-state index contributed by atoms with van der Waals surface area (Å²) >= 11 is 5.93. The van der Waals surface area contributed by atoms with Crippen molar-refractivity contribution >= 4 is 23.3 Å². The van der Waals surface area contributed by atoms with Crippen LogP contribution in [0.15, 0.2) is 24.3 Å². The van der Waals surface area contributed by atoms with E-state index in [-0.39, 0.29) is 11.3 Å². The minimum atomic E-state index is -1.19. The highest BCUT2D eigenvalue weighted by molar-refractivity contribution is 6.30. The van der Waals surface area contributed by atoms with Gasteiger partial charge in [0, 0.05) is 6.07 Å². The van der Waals surface area contributed by atoms with Crippen LogP contribution in [0.4, 0.5) is 5.69 Å². The summed E-state index contributed by atoms with van der Waals surface area (Å²) in [5.74, 6) is -0.696. The van der Waals surface area contributed by atoms with Crippen molar-refractivity contribution in [1.82, 2.24) is 0 Å². The highest BCUT2D eigenvalue weighted by atomic mass is 35.5. The third kappa shape index (κ3) is 3.70. The molecule has 1 aromatic rings. The fraction of sp³-hybridized carbons (Fsp3) is 0.417. The van der Waals surface area contributed by atoms with Gasteiger partial charge in [0.2, 0.25) is 0 Å². The van der Waals surface area contributed by atoms with E-state index < -0.39 is 21.9 Å². The van der Waals surface area contributed by atoms with Gasteiger partial charge in [-0.15, -0.1) is 11.6 Å². The largest absolute Gasteiger partial charge is 0.459 e. The molecule has 6 heteroatoms. The molecule has 0 spiro atoms. The van der Waals surface area contributed by atoms with Gasteiger partial charge in [-0.05, 0) is 20.8 Å². The second-order valence-corrected chi connectivity index (χ2v) is 5.15. The van der Waals surface area contributed by atoms with Crippen LogP contribution in [-0.2, 0) is 9.53 Å². The van der Waals surface area contributed by atoms with Crippen molar-refractivity contribution in [1.29, 1.82) is 0 Å². The molecule has 0 fully saturated rings. The monoisotopic (exact) mass is 271 g/mol. The van der Waals surface area contributed by atoms with Crippen molar-refractivity contribution in [2.45, 2.75) is 31.7 Å². The molecule has 1 atom stereocenters. The number of nitro benzene ring substituents is 1. The van der Waals surface area contributed by atoms with Gasteiger partial charge in [-0.1, -0.05) is 18.2 Å². The molecule has 1 aromatic carbocycles. The molecule has 0 saturated carbocycles. The van der Waals surface area contributed by atoms with Gasteiger partial charge in [0.05, 0.1) is 10.5 Å². The maximum atomic E-state index is 11.8. The number of nitrogens with zero attached hydrogens (tertiary/aromatic N) is 1. The van der Waals surface area contributed by atoms with Crippen LogP contribution in [0.25, 0.3) is 0 Å². The number of carbonyl (C=O) groups excluding carboxylic acids is 1. The fourth-order valence-electron chi connectivity index (χ4n) is 1.35. The summed E-state index contributed by atoms with van der Waals surface area (Å²) in [5, 5.41) is 9.64. The van der Waals surface area contributed by atoms with E-state index in [1.807, 2.05) is 0 Å². The molecule has 0 amide bonds. The second kappa shape index (κ2) is 5.35. The summed E-state index contributed by atoms with van der Waals surface area (Å²) in [6, 6.07) is 5.84.